The predicted octanol–water partition coefficient (Wildman–Crippen LogP) is 4.79. The van der Waals surface area contributed by atoms with Gasteiger partial charge in [0, 0.05) is 55.6 Å². The van der Waals surface area contributed by atoms with Crippen LogP contribution < -0.4 is 15.0 Å². The minimum atomic E-state index is -0.501. The van der Waals surface area contributed by atoms with Gasteiger partial charge in [-0.25, -0.2) is 14.4 Å². The van der Waals surface area contributed by atoms with E-state index in [1.54, 1.807) is 11.1 Å². The van der Waals surface area contributed by atoms with E-state index in [4.69, 9.17) is 4.74 Å². The lowest BCUT2D eigenvalue weighted by molar-refractivity contribution is -0.138. The minimum absolute atomic E-state index is 0.0632. The Bertz CT molecular complexity index is 1390. The summed E-state index contributed by atoms with van der Waals surface area (Å²) < 4.78 is 20.6. The minimum Gasteiger partial charge on any atom is -0.451 e. The highest BCUT2D eigenvalue weighted by molar-refractivity contribution is 5.97. The van der Waals surface area contributed by atoms with Crippen LogP contribution in [0.25, 0.3) is 0 Å². The van der Waals surface area contributed by atoms with Crippen LogP contribution in [0.2, 0.25) is 0 Å². The molecule has 1 spiro atoms. The number of benzene rings is 1. The highest BCUT2D eigenvalue weighted by Gasteiger charge is 2.49. The summed E-state index contributed by atoms with van der Waals surface area (Å²) in [6, 6.07) is 4.16. The lowest BCUT2D eigenvalue weighted by Gasteiger charge is -2.55. The fraction of sp³-hybridized carbons (Fsp3) is 0.576. The van der Waals surface area contributed by atoms with E-state index < -0.39 is 5.82 Å². The zero-order valence-corrected chi connectivity index (χ0v) is 25.7. The molecule has 1 aliphatic carbocycles. The van der Waals surface area contributed by atoms with Gasteiger partial charge in [0.05, 0.1) is 17.8 Å². The maximum absolute atomic E-state index is 14.3. The molecule has 0 radical (unpaired) electrons. The second-order valence-electron chi connectivity index (χ2n) is 13.4. The SMILES string of the molecule is C=C1C[C@H]2CC[C@@H]1[C@@H](C(=O)N1CCC3(CC1)CN(c1ncncc1Oc1ccc(F)cc1C(=O)N(C(C)C)C(C)C)C3)N2. The number of likely N-dealkylation sites (tertiary alicyclic amines) is 1. The van der Waals surface area contributed by atoms with Crippen LogP contribution in [0.1, 0.15) is 70.2 Å². The number of ether oxygens (including phenoxy) is 1. The van der Waals surface area contributed by atoms with Gasteiger partial charge in [0.1, 0.15) is 17.9 Å². The van der Waals surface area contributed by atoms with Crippen LogP contribution in [0, 0.1) is 17.2 Å². The molecule has 0 unspecified atom stereocenters. The van der Waals surface area contributed by atoms with Gasteiger partial charge in [-0.2, -0.15) is 0 Å². The van der Waals surface area contributed by atoms with Crippen molar-refractivity contribution in [2.75, 3.05) is 31.1 Å². The normalized spacial score (nSPS) is 24.4. The molecule has 1 aromatic heterocycles. The first-order valence-corrected chi connectivity index (χ1v) is 15.6. The number of hydrogen-bond donors (Lipinski definition) is 1. The molecule has 2 amide bonds. The Labute approximate surface area is 253 Å². The quantitative estimate of drug-likeness (QED) is 0.464. The maximum Gasteiger partial charge on any atom is 0.258 e. The highest BCUT2D eigenvalue weighted by Crippen LogP contribution is 2.45. The highest BCUT2D eigenvalue weighted by atomic mass is 19.1. The fourth-order valence-electron chi connectivity index (χ4n) is 7.64. The third-order valence-electron chi connectivity index (χ3n) is 9.83. The van der Waals surface area contributed by atoms with Crippen LogP contribution in [0.15, 0.2) is 42.9 Å². The number of aromatic nitrogens is 2. The fourth-order valence-corrected chi connectivity index (χ4v) is 7.64. The van der Waals surface area contributed by atoms with Crippen molar-refractivity contribution in [2.45, 2.75) is 84.0 Å². The van der Waals surface area contributed by atoms with E-state index in [1.165, 1.54) is 30.1 Å². The first kappa shape index (κ1) is 29.5. The number of halogens is 1. The molecule has 2 aromatic rings. The number of nitrogens with one attached hydrogen (secondary N) is 1. The Morgan fingerprint density at radius 2 is 1.84 bits per heavy atom. The molecule has 5 fully saturated rings. The van der Waals surface area contributed by atoms with Crippen molar-refractivity contribution >= 4 is 17.6 Å². The Morgan fingerprint density at radius 3 is 2.49 bits per heavy atom. The molecule has 2 bridgehead atoms. The predicted molar refractivity (Wildman–Crippen MR) is 163 cm³/mol. The number of anilines is 1. The van der Waals surface area contributed by atoms with Crippen molar-refractivity contribution in [3.63, 3.8) is 0 Å². The lowest BCUT2D eigenvalue weighted by atomic mass is 9.70. The summed E-state index contributed by atoms with van der Waals surface area (Å²) in [5.41, 5.74) is 1.51. The van der Waals surface area contributed by atoms with Crippen molar-refractivity contribution in [2.24, 2.45) is 11.3 Å². The summed E-state index contributed by atoms with van der Waals surface area (Å²) in [4.78, 5) is 41.6. The molecule has 43 heavy (non-hydrogen) atoms. The smallest absolute Gasteiger partial charge is 0.258 e. The van der Waals surface area contributed by atoms with E-state index in [0.29, 0.717) is 17.6 Å². The average molecular weight is 591 g/mol. The van der Waals surface area contributed by atoms with Crippen LogP contribution in [-0.4, -0.2) is 81.9 Å². The van der Waals surface area contributed by atoms with Gasteiger partial charge in [-0.3, -0.25) is 9.59 Å². The Kier molecular flexibility index (Phi) is 7.91. The van der Waals surface area contributed by atoms with Crippen molar-refractivity contribution in [1.29, 1.82) is 0 Å². The number of hydrogen-bond acceptors (Lipinski definition) is 7. The van der Waals surface area contributed by atoms with Gasteiger partial charge in [-0.05, 0) is 78.0 Å². The monoisotopic (exact) mass is 590 g/mol. The summed E-state index contributed by atoms with van der Waals surface area (Å²) in [5, 5.41) is 3.58. The number of carbonyl (C=O) groups is 2. The van der Waals surface area contributed by atoms with Crippen LogP contribution in [0.3, 0.4) is 0 Å². The molecule has 9 nitrogen and oxygen atoms in total. The number of nitrogens with zero attached hydrogens (tertiary/aromatic N) is 5. The molecular weight excluding hydrogens is 547 g/mol. The Morgan fingerprint density at radius 1 is 1.12 bits per heavy atom. The summed E-state index contributed by atoms with van der Waals surface area (Å²) in [7, 11) is 0. The van der Waals surface area contributed by atoms with E-state index in [9.17, 15) is 14.0 Å². The van der Waals surface area contributed by atoms with Gasteiger partial charge >= 0.3 is 0 Å². The molecule has 1 saturated carbocycles. The second-order valence-corrected chi connectivity index (χ2v) is 13.4. The maximum atomic E-state index is 14.3. The molecule has 1 N–H and O–H groups in total. The largest absolute Gasteiger partial charge is 0.451 e. The van der Waals surface area contributed by atoms with Crippen LogP contribution >= 0.6 is 0 Å². The molecule has 7 rings (SSSR count). The summed E-state index contributed by atoms with van der Waals surface area (Å²) in [6.07, 6.45) is 8.15. The summed E-state index contributed by atoms with van der Waals surface area (Å²) in [6.45, 7) is 15.1. The zero-order chi connectivity index (χ0) is 30.5. The van der Waals surface area contributed by atoms with E-state index in [-0.39, 0.29) is 52.6 Å². The van der Waals surface area contributed by atoms with E-state index in [2.05, 4.69) is 26.8 Å². The van der Waals surface area contributed by atoms with E-state index in [0.717, 1.165) is 58.3 Å². The summed E-state index contributed by atoms with van der Waals surface area (Å²) in [5.74, 6) is 1.04. The second kappa shape index (κ2) is 11.5. The van der Waals surface area contributed by atoms with Gasteiger partial charge < -0.3 is 24.8 Å². The number of piperidine rings is 3. The summed E-state index contributed by atoms with van der Waals surface area (Å²) >= 11 is 0. The van der Waals surface area contributed by atoms with Crippen molar-refractivity contribution in [3.8, 4) is 11.5 Å². The standard InChI is InChI=1S/C33H43FN6O3/c1-20(2)40(21(3)4)31(41)26-15-23(34)6-9-27(26)43-28-16-35-19-36-30(28)39-17-33(18-39)10-12-38(13-11-33)32(42)29-25-8-7-24(37-29)14-22(25)5/h6,9,15-16,19-21,24-25,29,37H,5,7-8,10-14,17-18H2,1-4H3/t24-,25+,29+/m1/s1. The Hall–Kier alpha value is -3.53. The van der Waals surface area contributed by atoms with Gasteiger partial charge in [0.2, 0.25) is 5.91 Å². The van der Waals surface area contributed by atoms with Gasteiger partial charge in [-0.15, -0.1) is 0 Å². The molecule has 4 saturated heterocycles. The first-order chi connectivity index (χ1) is 20.5. The molecule has 10 heteroatoms. The molecule has 1 aromatic carbocycles. The number of amides is 2. The first-order valence-electron chi connectivity index (χ1n) is 15.6. The number of rotatable bonds is 7. The van der Waals surface area contributed by atoms with E-state index >= 15 is 0 Å². The topological polar surface area (TPSA) is 90.9 Å². The van der Waals surface area contributed by atoms with Crippen molar-refractivity contribution in [3.05, 3.63) is 54.3 Å². The van der Waals surface area contributed by atoms with Gasteiger partial charge in [-0.1, -0.05) is 12.2 Å². The number of fused-ring (bicyclic) bond motifs is 3. The molecule has 3 atom stereocenters. The van der Waals surface area contributed by atoms with E-state index in [1.807, 2.05) is 32.6 Å². The molecule has 230 valence electrons. The molecule has 5 heterocycles. The molecule has 5 aliphatic rings. The molecule has 4 aliphatic heterocycles. The van der Waals surface area contributed by atoms with Crippen LogP contribution in [0.4, 0.5) is 10.2 Å². The van der Waals surface area contributed by atoms with Gasteiger partial charge in [0.25, 0.3) is 5.91 Å². The molecular formula is C33H43FN6O3. The third-order valence-corrected chi connectivity index (χ3v) is 9.83. The number of carbonyl (C=O) groups excluding carboxylic acids is 2. The third kappa shape index (κ3) is 5.61. The van der Waals surface area contributed by atoms with Crippen molar-refractivity contribution in [1.82, 2.24) is 25.1 Å². The van der Waals surface area contributed by atoms with Crippen LogP contribution in [0.5, 0.6) is 11.5 Å². The average Bonchev–Trinajstić information content (AvgIpc) is 2.96. The lowest BCUT2D eigenvalue weighted by Crippen LogP contribution is -2.64. The zero-order valence-electron chi connectivity index (χ0n) is 25.7. The van der Waals surface area contributed by atoms with Crippen molar-refractivity contribution < 1.29 is 18.7 Å². The van der Waals surface area contributed by atoms with Gasteiger partial charge in [0.15, 0.2) is 11.6 Å². The van der Waals surface area contributed by atoms with Crippen LogP contribution in [-0.2, 0) is 4.79 Å². The Balaban J connectivity index is 1.12.